The average Bonchev–Trinajstić information content (AvgIpc) is 2.65. The number of aromatic nitrogens is 3. The Balaban J connectivity index is 1.85. The zero-order chi connectivity index (χ0) is 17.2. The number of hydrogen-bond donors (Lipinski definition) is 1. The van der Waals surface area contributed by atoms with Crippen molar-refractivity contribution in [1.29, 1.82) is 0 Å². The number of benzene rings is 2. The fourth-order valence-electron chi connectivity index (χ4n) is 2.49. The van der Waals surface area contributed by atoms with Crippen LogP contribution in [0.2, 0.25) is 0 Å². The summed E-state index contributed by atoms with van der Waals surface area (Å²) in [5.41, 5.74) is 1.75. The Morgan fingerprint density at radius 2 is 1.64 bits per heavy atom. The lowest BCUT2D eigenvalue weighted by atomic mass is 10.2. The van der Waals surface area contributed by atoms with Gasteiger partial charge in [-0.1, -0.05) is 18.2 Å². The first-order valence-electron chi connectivity index (χ1n) is 7.61. The van der Waals surface area contributed by atoms with E-state index in [4.69, 9.17) is 0 Å². The lowest BCUT2D eigenvalue weighted by Gasteiger charge is -2.11. The summed E-state index contributed by atoms with van der Waals surface area (Å²) in [6, 6.07) is 16.5. The topological polar surface area (TPSA) is 50.7 Å². The van der Waals surface area contributed by atoms with Crippen LogP contribution in [0.5, 0.6) is 0 Å². The summed E-state index contributed by atoms with van der Waals surface area (Å²) in [4.78, 5) is 13.3. The van der Waals surface area contributed by atoms with Gasteiger partial charge in [-0.25, -0.2) is 18.7 Å². The van der Waals surface area contributed by atoms with Crippen LogP contribution in [-0.4, -0.2) is 15.0 Å². The van der Waals surface area contributed by atoms with Gasteiger partial charge in [-0.2, -0.15) is 0 Å². The second kappa shape index (κ2) is 6.24. The molecule has 122 valence electrons. The lowest BCUT2D eigenvalue weighted by Crippen LogP contribution is -2.00. The van der Waals surface area contributed by atoms with Crippen LogP contribution >= 0.6 is 0 Å². The van der Waals surface area contributed by atoms with Crippen LogP contribution in [0, 0.1) is 11.6 Å². The molecule has 2 aromatic heterocycles. The molecule has 4 nitrogen and oxygen atoms in total. The highest BCUT2D eigenvalue weighted by Gasteiger charge is 2.11. The minimum Gasteiger partial charge on any atom is -0.340 e. The Labute approximate surface area is 142 Å². The van der Waals surface area contributed by atoms with E-state index in [9.17, 15) is 8.78 Å². The quantitative estimate of drug-likeness (QED) is 0.589. The van der Waals surface area contributed by atoms with Crippen LogP contribution < -0.4 is 5.32 Å². The minimum absolute atomic E-state index is 0.398. The first-order chi connectivity index (χ1) is 12.2. The van der Waals surface area contributed by atoms with Gasteiger partial charge in [-0.3, -0.25) is 4.98 Å². The number of hydrogen-bond acceptors (Lipinski definition) is 4. The highest BCUT2D eigenvalue weighted by molar-refractivity contribution is 5.92. The van der Waals surface area contributed by atoms with E-state index in [0.717, 1.165) is 23.0 Å². The predicted octanol–water partition coefficient (Wildman–Crippen LogP) is 4.71. The van der Waals surface area contributed by atoms with E-state index in [0.29, 0.717) is 23.0 Å². The zero-order valence-electron chi connectivity index (χ0n) is 12.9. The summed E-state index contributed by atoms with van der Waals surface area (Å²) in [6.45, 7) is 0. The molecule has 4 rings (SSSR count). The second-order valence-corrected chi connectivity index (χ2v) is 5.38. The Bertz CT molecular complexity index is 1050. The molecule has 0 amide bonds. The van der Waals surface area contributed by atoms with Crippen molar-refractivity contribution >= 4 is 22.4 Å². The molecule has 0 saturated carbocycles. The van der Waals surface area contributed by atoms with Crippen molar-refractivity contribution in [3.63, 3.8) is 0 Å². The van der Waals surface area contributed by atoms with Crippen molar-refractivity contribution in [2.75, 3.05) is 5.32 Å². The first kappa shape index (κ1) is 15.1. The van der Waals surface area contributed by atoms with Gasteiger partial charge < -0.3 is 5.32 Å². The van der Waals surface area contributed by atoms with E-state index in [1.165, 1.54) is 6.07 Å². The van der Waals surface area contributed by atoms with E-state index < -0.39 is 11.6 Å². The van der Waals surface area contributed by atoms with Crippen LogP contribution in [0.3, 0.4) is 0 Å². The molecule has 0 atom stereocenters. The van der Waals surface area contributed by atoms with Crippen molar-refractivity contribution in [1.82, 2.24) is 15.0 Å². The number of rotatable bonds is 3. The highest BCUT2D eigenvalue weighted by Crippen LogP contribution is 2.27. The summed E-state index contributed by atoms with van der Waals surface area (Å²) < 4.78 is 26.6. The van der Waals surface area contributed by atoms with Crippen LogP contribution in [0.4, 0.5) is 20.3 Å². The van der Waals surface area contributed by atoms with Crippen molar-refractivity contribution in [2.45, 2.75) is 0 Å². The maximum Gasteiger partial charge on any atom is 0.180 e. The van der Waals surface area contributed by atoms with Gasteiger partial charge in [0.1, 0.15) is 11.5 Å². The molecule has 0 aliphatic carbocycles. The predicted molar refractivity (Wildman–Crippen MR) is 92.4 cm³/mol. The smallest absolute Gasteiger partial charge is 0.180 e. The lowest BCUT2D eigenvalue weighted by molar-refractivity contribution is 0.509. The van der Waals surface area contributed by atoms with Gasteiger partial charge in [-0.05, 0) is 36.4 Å². The largest absolute Gasteiger partial charge is 0.340 e. The van der Waals surface area contributed by atoms with E-state index in [2.05, 4.69) is 20.3 Å². The molecule has 0 saturated heterocycles. The maximum absolute atomic E-state index is 13.5. The molecule has 0 spiro atoms. The van der Waals surface area contributed by atoms with Crippen molar-refractivity contribution in [3.8, 4) is 11.5 Å². The summed E-state index contributed by atoms with van der Waals surface area (Å²) in [6.07, 6.45) is 1.66. The number of nitrogens with one attached hydrogen (secondary N) is 1. The van der Waals surface area contributed by atoms with Gasteiger partial charge in [0.15, 0.2) is 17.5 Å². The van der Waals surface area contributed by atoms with Crippen molar-refractivity contribution in [2.24, 2.45) is 0 Å². The molecule has 0 radical (unpaired) electrons. The third-order valence-corrected chi connectivity index (χ3v) is 3.68. The SMILES string of the molecule is Fc1ccc(Nc2nc(-c3ccccn3)nc3ccccc23)cc1F. The number of anilines is 2. The Morgan fingerprint density at radius 1 is 0.800 bits per heavy atom. The van der Waals surface area contributed by atoms with E-state index >= 15 is 0 Å². The fraction of sp³-hybridized carbons (Fsp3) is 0. The molecule has 0 aliphatic heterocycles. The molecular weight excluding hydrogens is 322 g/mol. The van der Waals surface area contributed by atoms with Gasteiger partial charge in [-0.15, -0.1) is 0 Å². The number of fused-ring (bicyclic) bond motifs is 1. The number of nitrogens with zero attached hydrogens (tertiary/aromatic N) is 3. The Kier molecular flexibility index (Phi) is 3.78. The normalized spacial score (nSPS) is 10.8. The number of para-hydroxylation sites is 1. The van der Waals surface area contributed by atoms with Gasteiger partial charge >= 0.3 is 0 Å². The van der Waals surface area contributed by atoms with Gasteiger partial charge in [0.2, 0.25) is 0 Å². The first-order valence-corrected chi connectivity index (χ1v) is 7.61. The Morgan fingerprint density at radius 3 is 2.44 bits per heavy atom. The minimum atomic E-state index is -0.923. The summed E-state index contributed by atoms with van der Waals surface area (Å²) in [5, 5.41) is 3.81. The van der Waals surface area contributed by atoms with Crippen LogP contribution in [0.1, 0.15) is 0 Å². The summed E-state index contributed by atoms with van der Waals surface area (Å²) in [7, 11) is 0. The average molecular weight is 334 g/mol. The molecule has 2 heterocycles. The number of halogens is 2. The molecule has 0 unspecified atom stereocenters. The van der Waals surface area contributed by atoms with E-state index in [1.807, 2.05) is 42.5 Å². The monoisotopic (exact) mass is 334 g/mol. The molecule has 0 aliphatic rings. The van der Waals surface area contributed by atoms with Crippen molar-refractivity contribution in [3.05, 3.63) is 78.5 Å². The molecule has 0 fully saturated rings. The summed E-state index contributed by atoms with van der Waals surface area (Å²) >= 11 is 0. The molecule has 6 heteroatoms. The third kappa shape index (κ3) is 3.01. The van der Waals surface area contributed by atoms with E-state index in [1.54, 1.807) is 6.20 Å². The van der Waals surface area contributed by atoms with Gasteiger partial charge in [0.05, 0.1) is 5.52 Å². The molecule has 0 bridgehead atoms. The Hall–Kier alpha value is -3.41. The van der Waals surface area contributed by atoms with Crippen molar-refractivity contribution < 1.29 is 8.78 Å². The van der Waals surface area contributed by atoms with Crippen LogP contribution in [-0.2, 0) is 0 Å². The summed E-state index contributed by atoms with van der Waals surface area (Å²) in [5.74, 6) is -0.873. The molecule has 2 aromatic carbocycles. The maximum atomic E-state index is 13.5. The van der Waals surface area contributed by atoms with Crippen LogP contribution in [0.15, 0.2) is 66.9 Å². The number of pyridine rings is 1. The highest BCUT2D eigenvalue weighted by atomic mass is 19.2. The molecule has 4 aromatic rings. The molecule has 1 N–H and O–H groups in total. The second-order valence-electron chi connectivity index (χ2n) is 5.38. The van der Waals surface area contributed by atoms with E-state index in [-0.39, 0.29) is 0 Å². The fourth-order valence-corrected chi connectivity index (χ4v) is 2.49. The van der Waals surface area contributed by atoms with Gasteiger partial charge in [0.25, 0.3) is 0 Å². The third-order valence-electron chi connectivity index (χ3n) is 3.68. The molecular formula is C19H12F2N4. The van der Waals surface area contributed by atoms with Crippen LogP contribution in [0.25, 0.3) is 22.4 Å². The zero-order valence-corrected chi connectivity index (χ0v) is 12.9. The molecule has 25 heavy (non-hydrogen) atoms. The standard InChI is InChI=1S/C19H12F2N4/c20-14-9-8-12(11-15(14)21)23-18-13-5-1-2-6-16(13)24-19(25-18)17-7-3-4-10-22-17/h1-11H,(H,23,24,25). The van der Waals surface area contributed by atoms with Gasteiger partial charge in [0, 0.05) is 23.3 Å².